The van der Waals surface area contributed by atoms with E-state index in [0.717, 1.165) is 10.9 Å². The molecule has 0 saturated heterocycles. The first-order chi connectivity index (χ1) is 8.78. The molecule has 1 aromatic carbocycles. The van der Waals surface area contributed by atoms with E-state index in [-0.39, 0.29) is 0 Å². The molecular weight excluding hydrogens is 228 g/mol. The molecule has 5 nitrogen and oxygen atoms in total. The van der Waals surface area contributed by atoms with Crippen molar-refractivity contribution in [3.05, 3.63) is 47.8 Å². The van der Waals surface area contributed by atoms with Crippen molar-refractivity contribution in [2.24, 2.45) is 0 Å². The van der Waals surface area contributed by atoms with Crippen LogP contribution in [0.15, 0.2) is 34.9 Å². The Morgan fingerprint density at radius 2 is 2.22 bits per heavy atom. The number of fused-ring (bicyclic) bond motifs is 1. The number of aromatic nitrogens is 3. The van der Waals surface area contributed by atoms with Gasteiger partial charge in [-0.25, -0.2) is 0 Å². The lowest BCUT2D eigenvalue weighted by atomic mass is 10.1. The predicted molar refractivity (Wildman–Crippen MR) is 64.8 cm³/mol. The van der Waals surface area contributed by atoms with E-state index in [2.05, 4.69) is 16.3 Å². The van der Waals surface area contributed by atoms with E-state index < -0.39 is 0 Å². The first kappa shape index (κ1) is 10.5. The molecular formula is C13H10N4O. The lowest BCUT2D eigenvalue weighted by Gasteiger charge is -2.01. The molecule has 0 atom stereocenters. The van der Waals surface area contributed by atoms with Gasteiger partial charge in [-0.1, -0.05) is 6.07 Å². The van der Waals surface area contributed by atoms with Crippen LogP contribution in [-0.2, 0) is 6.54 Å². The van der Waals surface area contributed by atoms with Crippen LogP contribution >= 0.6 is 0 Å². The van der Waals surface area contributed by atoms with Gasteiger partial charge in [0.15, 0.2) is 0 Å². The Labute approximate surface area is 103 Å². The molecule has 0 N–H and O–H groups in total. The summed E-state index contributed by atoms with van der Waals surface area (Å²) in [6, 6.07) is 9.77. The van der Waals surface area contributed by atoms with Crippen LogP contribution in [0.2, 0.25) is 0 Å². The number of aryl methyl sites for hydroxylation is 1. The first-order valence-corrected chi connectivity index (χ1v) is 5.55. The van der Waals surface area contributed by atoms with Gasteiger partial charge in [-0.2, -0.15) is 5.26 Å². The van der Waals surface area contributed by atoms with Gasteiger partial charge < -0.3 is 8.98 Å². The fourth-order valence-electron chi connectivity index (χ4n) is 2.01. The molecule has 0 unspecified atom stereocenters. The molecule has 0 saturated carbocycles. The van der Waals surface area contributed by atoms with Crippen LogP contribution in [0.1, 0.15) is 17.3 Å². The zero-order valence-electron chi connectivity index (χ0n) is 9.79. The molecule has 0 bridgehead atoms. The standard InChI is InChI=1S/C13H10N4O/c1-9-15-16-13(18-9)8-17-6-5-11-10(7-14)3-2-4-12(11)17/h2-6H,8H2,1H3. The molecule has 0 amide bonds. The predicted octanol–water partition coefficient (Wildman–Crippen LogP) is 2.25. The van der Waals surface area contributed by atoms with E-state index in [1.54, 1.807) is 6.92 Å². The molecule has 5 heteroatoms. The van der Waals surface area contributed by atoms with Gasteiger partial charge in [0, 0.05) is 24.0 Å². The molecule has 2 aromatic heterocycles. The summed E-state index contributed by atoms with van der Waals surface area (Å²) in [5.41, 5.74) is 1.66. The van der Waals surface area contributed by atoms with E-state index >= 15 is 0 Å². The minimum atomic E-state index is 0.513. The maximum Gasteiger partial charge on any atom is 0.236 e. The highest BCUT2D eigenvalue weighted by molar-refractivity contribution is 5.86. The van der Waals surface area contributed by atoms with E-state index in [1.165, 1.54) is 0 Å². The summed E-state index contributed by atoms with van der Waals surface area (Å²) < 4.78 is 7.34. The Hall–Kier alpha value is -2.61. The Bertz CT molecular complexity index is 748. The minimum absolute atomic E-state index is 0.513. The quantitative estimate of drug-likeness (QED) is 0.686. The molecule has 3 rings (SSSR count). The Morgan fingerprint density at radius 1 is 1.33 bits per heavy atom. The van der Waals surface area contributed by atoms with Gasteiger partial charge in [0.05, 0.1) is 11.6 Å². The molecule has 0 radical (unpaired) electrons. The van der Waals surface area contributed by atoms with Crippen molar-refractivity contribution >= 4 is 10.9 Å². The fraction of sp³-hybridized carbons (Fsp3) is 0.154. The van der Waals surface area contributed by atoms with Gasteiger partial charge in [-0.05, 0) is 18.2 Å². The summed E-state index contributed by atoms with van der Waals surface area (Å²) >= 11 is 0. The van der Waals surface area contributed by atoms with E-state index in [0.29, 0.717) is 23.9 Å². The minimum Gasteiger partial charge on any atom is -0.424 e. The molecule has 3 aromatic rings. The summed E-state index contributed by atoms with van der Waals surface area (Å²) in [6.07, 6.45) is 1.92. The summed E-state index contributed by atoms with van der Waals surface area (Å²) in [6.45, 7) is 2.28. The van der Waals surface area contributed by atoms with Crippen LogP contribution in [0.3, 0.4) is 0 Å². The lowest BCUT2D eigenvalue weighted by Crippen LogP contribution is -1.98. The largest absolute Gasteiger partial charge is 0.424 e. The van der Waals surface area contributed by atoms with Gasteiger partial charge in [0.2, 0.25) is 11.8 Å². The van der Waals surface area contributed by atoms with Crippen molar-refractivity contribution in [1.82, 2.24) is 14.8 Å². The molecule has 2 heterocycles. The van der Waals surface area contributed by atoms with Crippen LogP contribution in [0.5, 0.6) is 0 Å². The molecule has 0 spiro atoms. The average molecular weight is 238 g/mol. The Balaban J connectivity index is 2.06. The zero-order chi connectivity index (χ0) is 12.5. The number of hydrogen-bond acceptors (Lipinski definition) is 4. The molecule has 18 heavy (non-hydrogen) atoms. The summed E-state index contributed by atoms with van der Waals surface area (Å²) in [7, 11) is 0. The van der Waals surface area contributed by atoms with Crippen molar-refractivity contribution in [3.8, 4) is 6.07 Å². The second-order valence-corrected chi connectivity index (χ2v) is 4.01. The average Bonchev–Trinajstić information content (AvgIpc) is 2.97. The molecule has 88 valence electrons. The van der Waals surface area contributed by atoms with Gasteiger partial charge in [0.25, 0.3) is 0 Å². The van der Waals surface area contributed by atoms with Crippen LogP contribution in [-0.4, -0.2) is 14.8 Å². The van der Waals surface area contributed by atoms with Crippen LogP contribution in [0.25, 0.3) is 10.9 Å². The van der Waals surface area contributed by atoms with E-state index in [4.69, 9.17) is 9.68 Å². The summed E-state index contributed by atoms with van der Waals surface area (Å²) in [5, 5.41) is 17.7. The van der Waals surface area contributed by atoms with Crippen LogP contribution in [0.4, 0.5) is 0 Å². The van der Waals surface area contributed by atoms with E-state index in [1.807, 2.05) is 35.0 Å². The molecule has 0 aliphatic carbocycles. The smallest absolute Gasteiger partial charge is 0.236 e. The van der Waals surface area contributed by atoms with Gasteiger partial charge in [0.1, 0.15) is 6.54 Å². The van der Waals surface area contributed by atoms with Crippen molar-refractivity contribution in [2.45, 2.75) is 13.5 Å². The second kappa shape index (κ2) is 4.00. The normalized spacial score (nSPS) is 10.7. The van der Waals surface area contributed by atoms with Gasteiger partial charge >= 0.3 is 0 Å². The highest BCUT2D eigenvalue weighted by Crippen LogP contribution is 2.20. The number of rotatable bonds is 2. The third-order valence-electron chi connectivity index (χ3n) is 2.81. The number of nitrogens with zero attached hydrogens (tertiary/aromatic N) is 4. The third kappa shape index (κ3) is 1.64. The van der Waals surface area contributed by atoms with Crippen molar-refractivity contribution in [1.29, 1.82) is 5.26 Å². The van der Waals surface area contributed by atoms with Crippen molar-refractivity contribution < 1.29 is 4.42 Å². The van der Waals surface area contributed by atoms with E-state index in [9.17, 15) is 0 Å². The number of hydrogen-bond donors (Lipinski definition) is 0. The van der Waals surface area contributed by atoms with Crippen LogP contribution < -0.4 is 0 Å². The maximum absolute atomic E-state index is 9.04. The molecule has 0 aliphatic heterocycles. The zero-order valence-corrected chi connectivity index (χ0v) is 9.79. The highest BCUT2D eigenvalue weighted by Gasteiger charge is 2.08. The van der Waals surface area contributed by atoms with Crippen molar-refractivity contribution in [2.75, 3.05) is 0 Å². The number of nitriles is 1. The summed E-state index contributed by atoms with van der Waals surface area (Å²) in [4.78, 5) is 0. The SMILES string of the molecule is Cc1nnc(Cn2ccc3c(C#N)cccc32)o1. The van der Waals surface area contributed by atoms with Gasteiger partial charge in [-0.15, -0.1) is 10.2 Å². The second-order valence-electron chi connectivity index (χ2n) is 4.01. The van der Waals surface area contributed by atoms with Crippen LogP contribution in [0, 0.1) is 18.3 Å². The first-order valence-electron chi connectivity index (χ1n) is 5.55. The lowest BCUT2D eigenvalue weighted by molar-refractivity contribution is 0.457. The van der Waals surface area contributed by atoms with Gasteiger partial charge in [-0.3, -0.25) is 0 Å². The molecule has 0 fully saturated rings. The maximum atomic E-state index is 9.04. The molecule has 0 aliphatic rings. The third-order valence-corrected chi connectivity index (χ3v) is 2.81. The van der Waals surface area contributed by atoms with Crippen molar-refractivity contribution in [3.63, 3.8) is 0 Å². The summed E-state index contributed by atoms with van der Waals surface area (Å²) in [5.74, 6) is 1.12. The monoisotopic (exact) mass is 238 g/mol. The highest BCUT2D eigenvalue weighted by atomic mass is 16.4. The topological polar surface area (TPSA) is 67.6 Å². The Morgan fingerprint density at radius 3 is 2.94 bits per heavy atom. The Kier molecular flexibility index (Phi) is 2.34. The number of benzene rings is 1. The fourth-order valence-corrected chi connectivity index (χ4v) is 2.01.